The fraction of sp³-hybridized carbons (Fsp3) is 0.840. The largest absolute Gasteiger partial charge is 0.446 e. The molecule has 0 aromatic rings. The van der Waals surface area contributed by atoms with Crippen LogP contribution in [0.25, 0.3) is 0 Å². The van der Waals surface area contributed by atoms with E-state index in [0.717, 1.165) is 12.8 Å². The molecule has 1 heterocycles. The minimum absolute atomic E-state index is 0.0674. The fourth-order valence-electron chi connectivity index (χ4n) is 4.86. The van der Waals surface area contributed by atoms with E-state index >= 15 is 0 Å². The molecule has 2 fully saturated rings. The van der Waals surface area contributed by atoms with Crippen LogP contribution in [-0.2, 0) is 19.1 Å². The second kappa shape index (κ2) is 13.7. The van der Waals surface area contributed by atoms with Crippen LogP contribution < -0.4 is 16.0 Å². The Morgan fingerprint density at radius 1 is 1.20 bits per heavy atom. The molecular formula is C25H41F2N3O5. The number of alkyl halides is 2. The van der Waals surface area contributed by atoms with Crippen molar-refractivity contribution in [3.8, 4) is 0 Å². The maximum absolute atomic E-state index is 13.6. The summed E-state index contributed by atoms with van der Waals surface area (Å²) in [7, 11) is 0. The van der Waals surface area contributed by atoms with Gasteiger partial charge in [-0.05, 0) is 50.4 Å². The summed E-state index contributed by atoms with van der Waals surface area (Å²) in [5.41, 5.74) is 0. The Morgan fingerprint density at radius 2 is 1.89 bits per heavy atom. The van der Waals surface area contributed by atoms with Crippen LogP contribution in [0.2, 0.25) is 0 Å². The number of rotatable bonds is 13. The molecule has 1 unspecified atom stereocenters. The molecule has 1 saturated heterocycles. The van der Waals surface area contributed by atoms with Crippen molar-refractivity contribution >= 4 is 24.2 Å². The van der Waals surface area contributed by atoms with Gasteiger partial charge < -0.3 is 25.5 Å². The predicted molar refractivity (Wildman–Crippen MR) is 127 cm³/mol. The first-order valence-corrected chi connectivity index (χ1v) is 12.9. The number of amides is 3. The molecule has 1 aliphatic carbocycles. The quantitative estimate of drug-likeness (QED) is 0.333. The summed E-state index contributed by atoms with van der Waals surface area (Å²) < 4.78 is 32.9. The summed E-state index contributed by atoms with van der Waals surface area (Å²) in [6.07, 6.45) is 2.91. The highest BCUT2D eigenvalue weighted by molar-refractivity contribution is 5.88. The van der Waals surface area contributed by atoms with Crippen molar-refractivity contribution in [1.82, 2.24) is 16.0 Å². The predicted octanol–water partition coefficient (Wildman–Crippen LogP) is 3.72. The van der Waals surface area contributed by atoms with Crippen molar-refractivity contribution in [3.63, 3.8) is 0 Å². The summed E-state index contributed by atoms with van der Waals surface area (Å²) >= 11 is 0. The third-order valence-electron chi connectivity index (χ3n) is 6.90. The Balaban J connectivity index is 1.98. The van der Waals surface area contributed by atoms with E-state index in [4.69, 9.17) is 4.74 Å². The zero-order valence-electron chi connectivity index (χ0n) is 21.1. The van der Waals surface area contributed by atoms with E-state index in [2.05, 4.69) is 16.0 Å². The van der Waals surface area contributed by atoms with Gasteiger partial charge in [-0.2, -0.15) is 0 Å². The summed E-state index contributed by atoms with van der Waals surface area (Å²) in [5, 5.41) is 7.98. The normalized spacial score (nSPS) is 22.7. The molecule has 0 bridgehead atoms. The third kappa shape index (κ3) is 9.72. The molecule has 0 aromatic carbocycles. The molecular weight excluding hydrogens is 460 g/mol. The van der Waals surface area contributed by atoms with Gasteiger partial charge in [0, 0.05) is 25.3 Å². The van der Waals surface area contributed by atoms with Gasteiger partial charge in [-0.1, -0.05) is 33.6 Å². The first-order chi connectivity index (χ1) is 16.5. The van der Waals surface area contributed by atoms with Gasteiger partial charge in [0.15, 0.2) is 0 Å². The van der Waals surface area contributed by atoms with Crippen LogP contribution in [0.4, 0.5) is 13.6 Å². The van der Waals surface area contributed by atoms with E-state index in [1.807, 2.05) is 20.8 Å². The maximum atomic E-state index is 13.6. The number of carbonyl (C=O) groups excluding carboxylic acids is 4. The Bertz CT molecular complexity index is 724. The lowest BCUT2D eigenvalue weighted by atomic mass is 9.81. The first-order valence-electron chi connectivity index (χ1n) is 12.9. The molecule has 1 saturated carbocycles. The van der Waals surface area contributed by atoms with Crippen molar-refractivity contribution < 1.29 is 32.7 Å². The van der Waals surface area contributed by atoms with Crippen molar-refractivity contribution in [2.45, 2.75) is 109 Å². The number of nitrogens with one attached hydrogen (secondary N) is 3. The summed E-state index contributed by atoms with van der Waals surface area (Å²) in [6.45, 7) is 6.36. The minimum Gasteiger partial charge on any atom is -0.446 e. The van der Waals surface area contributed by atoms with Crippen LogP contribution in [0.3, 0.4) is 0 Å². The van der Waals surface area contributed by atoms with E-state index in [0.29, 0.717) is 44.9 Å². The van der Waals surface area contributed by atoms with Gasteiger partial charge in [-0.3, -0.25) is 9.59 Å². The summed E-state index contributed by atoms with van der Waals surface area (Å²) in [5.74, 6) is -3.73. The van der Waals surface area contributed by atoms with E-state index in [9.17, 15) is 28.0 Å². The molecule has 1 aliphatic heterocycles. The molecule has 4 atom stereocenters. The molecule has 200 valence electrons. The molecule has 35 heavy (non-hydrogen) atoms. The first kappa shape index (κ1) is 29.0. The van der Waals surface area contributed by atoms with E-state index in [-0.39, 0.29) is 42.9 Å². The molecule has 8 nitrogen and oxygen atoms in total. The zero-order valence-corrected chi connectivity index (χ0v) is 21.1. The Morgan fingerprint density at radius 3 is 2.43 bits per heavy atom. The number of halogens is 2. The highest BCUT2D eigenvalue weighted by Gasteiger charge is 2.39. The molecule has 10 heteroatoms. The topological polar surface area (TPSA) is 114 Å². The Hall–Kier alpha value is -2.26. The molecule has 0 spiro atoms. The van der Waals surface area contributed by atoms with Crippen LogP contribution in [-0.4, -0.2) is 54.8 Å². The molecule has 2 aliphatic rings. The number of hydrogen-bond donors (Lipinski definition) is 3. The number of carbonyl (C=O) groups is 4. The monoisotopic (exact) mass is 501 g/mol. The van der Waals surface area contributed by atoms with Gasteiger partial charge in [0.05, 0.1) is 6.04 Å². The number of unbranched alkanes of at least 4 members (excludes halogenated alkanes) is 1. The lowest BCUT2D eigenvalue weighted by molar-refractivity contribution is -0.127. The second-order valence-corrected chi connectivity index (χ2v) is 10.4. The number of hydrogen-bond acceptors (Lipinski definition) is 5. The van der Waals surface area contributed by atoms with Crippen molar-refractivity contribution in [3.05, 3.63) is 0 Å². The fourth-order valence-corrected chi connectivity index (χ4v) is 4.86. The van der Waals surface area contributed by atoms with Crippen LogP contribution in [0.15, 0.2) is 0 Å². The highest BCUT2D eigenvalue weighted by Crippen LogP contribution is 2.39. The molecule has 0 radical (unpaired) electrons. The number of alkyl carbamates (subject to hydrolysis) is 1. The molecule has 3 amide bonds. The van der Waals surface area contributed by atoms with Gasteiger partial charge in [-0.25, -0.2) is 13.6 Å². The van der Waals surface area contributed by atoms with Crippen LogP contribution in [0.5, 0.6) is 0 Å². The van der Waals surface area contributed by atoms with Crippen LogP contribution >= 0.6 is 0 Å². The summed E-state index contributed by atoms with van der Waals surface area (Å²) in [4.78, 5) is 49.1. The van der Waals surface area contributed by atoms with Crippen LogP contribution in [0.1, 0.15) is 85.0 Å². The van der Waals surface area contributed by atoms with Gasteiger partial charge in [0.25, 0.3) is 0 Å². The number of ether oxygens (including phenoxy) is 1. The zero-order chi connectivity index (χ0) is 26.0. The van der Waals surface area contributed by atoms with Gasteiger partial charge >= 0.3 is 6.09 Å². The lowest BCUT2D eigenvalue weighted by Crippen LogP contribution is -2.51. The Kier molecular flexibility index (Phi) is 11.4. The van der Waals surface area contributed by atoms with E-state index < -0.39 is 36.1 Å². The lowest BCUT2D eigenvalue weighted by Gasteiger charge is -2.33. The molecule has 0 aromatic heterocycles. The van der Waals surface area contributed by atoms with Crippen molar-refractivity contribution in [1.29, 1.82) is 0 Å². The summed E-state index contributed by atoms with van der Waals surface area (Å²) in [6, 6.07) is -1.77. The van der Waals surface area contributed by atoms with Gasteiger partial charge in [0.2, 0.25) is 17.7 Å². The van der Waals surface area contributed by atoms with Gasteiger partial charge in [-0.15, -0.1) is 0 Å². The number of aldehydes is 1. The molecule has 3 N–H and O–H groups in total. The smallest absolute Gasteiger partial charge is 0.408 e. The van der Waals surface area contributed by atoms with Crippen LogP contribution in [0, 0.1) is 17.8 Å². The van der Waals surface area contributed by atoms with Crippen molar-refractivity contribution in [2.24, 2.45) is 17.8 Å². The molecule has 2 rings (SSSR count). The van der Waals surface area contributed by atoms with E-state index in [1.54, 1.807) is 0 Å². The van der Waals surface area contributed by atoms with Crippen molar-refractivity contribution in [2.75, 3.05) is 6.54 Å². The second-order valence-electron chi connectivity index (χ2n) is 10.4. The maximum Gasteiger partial charge on any atom is 0.408 e. The third-order valence-corrected chi connectivity index (χ3v) is 6.90. The Labute approximate surface area is 206 Å². The SMILES string of the molecule is CCCCC(OC(=O)N[C@@H](CC(C)C)C(=O)N[C@H](C=O)C[C@@H]1CCNC1=O)C1CCC(F)(F)CC1. The van der Waals surface area contributed by atoms with Gasteiger partial charge in [0.1, 0.15) is 18.4 Å². The van der Waals surface area contributed by atoms with E-state index in [1.165, 1.54) is 0 Å². The average molecular weight is 502 g/mol. The average Bonchev–Trinajstić information content (AvgIpc) is 3.19. The standard InChI is InChI=1S/C25H41F2N3O5/c1-4-5-6-21(17-7-10-25(26,27)11-8-17)35-24(34)30-20(13-16(2)3)23(33)29-19(15-31)14-18-9-12-28-22(18)32/h15-21H,4-14H2,1-3H3,(H,28,32)(H,29,33)(H,30,34)/t18-,19-,20-,21?/m0/s1. The minimum atomic E-state index is -2.66. The highest BCUT2D eigenvalue weighted by atomic mass is 19.3.